The van der Waals surface area contributed by atoms with Crippen LogP contribution < -0.4 is 0 Å². The molecule has 0 aromatic carbocycles. The minimum Gasteiger partial charge on any atom is -0.389 e. The highest BCUT2D eigenvalue weighted by molar-refractivity contribution is 5.12. The van der Waals surface area contributed by atoms with Gasteiger partial charge in [-0.1, -0.05) is 32.4 Å². The summed E-state index contributed by atoms with van der Waals surface area (Å²) in [7, 11) is 0. The Morgan fingerprint density at radius 1 is 1.31 bits per heavy atom. The SMILES string of the molecule is C[C@H]1CCC[C@@]2(C)CC=CC[C@]12O. The lowest BCUT2D eigenvalue weighted by molar-refractivity contribution is -0.141. The van der Waals surface area contributed by atoms with Crippen molar-refractivity contribution in [2.24, 2.45) is 11.3 Å². The van der Waals surface area contributed by atoms with E-state index in [1.165, 1.54) is 19.3 Å². The standard InChI is InChI=1S/C12H20O/c1-10-6-5-8-11(2)7-3-4-9-12(10,11)13/h3-4,10,13H,5-9H2,1-2H3/t10-,11+,12-/m0/s1. The van der Waals surface area contributed by atoms with Crippen LogP contribution in [0.5, 0.6) is 0 Å². The molecule has 2 aliphatic carbocycles. The van der Waals surface area contributed by atoms with Gasteiger partial charge in [0.05, 0.1) is 5.60 Å². The van der Waals surface area contributed by atoms with Crippen molar-refractivity contribution in [3.63, 3.8) is 0 Å². The van der Waals surface area contributed by atoms with E-state index in [4.69, 9.17) is 0 Å². The minimum atomic E-state index is -0.417. The first-order valence-corrected chi connectivity index (χ1v) is 5.46. The van der Waals surface area contributed by atoms with Gasteiger partial charge in [-0.3, -0.25) is 0 Å². The van der Waals surface area contributed by atoms with Crippen molar-refractivity contribution >= 4 is 0 Å². The molecule has 0 spiro atoms. The van der Waals surface area contributed by atoms with E-state index in [0.29, 0.717) is 5.92 Å². The molecule has 13 heavy (non-hydrogen) atoms. The molecule has 0 radical (unpaired) electrons. The third kappa shape index (κ3) is 1.17. The third-order valence-electron chi connectivity index (χ3n) is 4.39. The summed E-state index contributed by atoms with van der Waals surface area (Å²) in [6.07, 6.45) is 10.0. The highest BCUT2D eigenvalue weighted by Crippen LogP contribution is 2.53. The summed E-state index contributed by atoms with van der Waals surface area (Å²) in [5.41, 5.74) is -0.264. The molecule has 0 aliphatic heterocycles. The Balaban J connectivity index is 2.34. The van der Waals surface area contributed by atoms with E-state index in [-0.39, 0.29) is 5.41 Å². The van der Waals surface area contributed by atoms with Gasteiger partial charge in [0.25, 0.3) is 0 Å². The number of fused-ring (bicyclic) bond motifs is 1. The minimum absolute atomic E-state index is 0.152. The summed E-state index contributed by atoms with van der Waals surface area (Å²) >= 11 is 0. The van der Waals surface area contributed by atoms with Gasteiger partial charge < -0.3 is 5.11 Å². The van der Waals surface area contributed by atoms with E-state index in [9.17, 15) is 5.11 Å². The first-order valence-electron chi connectivity index (χ1n) is 5.46. The molecule has 0 unspecified atom stereocenters. The maximum absolute atomic E-state index is 10.7. The highest BCUT2D eigenvalue weighted by Gasteiger charge is 2.51. The lowest BCUT2D eigenvalue weighted by atomic mass is 9.55. The van der Waals surface area contributed by atoms with E-state index in [2.05, 4.69) is 26.0 Å². The van der Waals surface area contributed by atoms with Crippen molar-refractivity contribution in [2.45, 2.75) is 51.6 Å². The molecule has 2 rings (SSSR count). The summed E-state index contributed by atoms with van der Waals surface area (Å²) in [5.74, 6) is 0.469. The van der Waals surface area contributed by atoms with Gasteiger partial charge in [0, 0.05) is 5.41 Å². The monoisotopic (exact) mass is 180 g/mol. The summed E-state index contributed by atoms with van der Waals surface area (Å²) < 4.78 is 0. The molecule has 74 valence electrons. The van der Waals surface area contributed by atoms with Crippen molar-refractivity contribution in [3.05, 3.63) is 12.2 Å². The molecule has 1 heteroatoms. The second-order valence-electron chi connectivity index (χ2n) is 5.16. The van der Waals surface area contributed by atoms with E-state index in [1.807, 2.05) is 0 Å². The fraction of sp³-hybridized carbons (Fsp3) is 0.833. The fourth-order valence-corrected chi connectivity index (χ4v) is 3.18. The van der Waals surface area contributed by atoms with Gasteiger partial charge >= 0.3 is 0 Å². The number of hydrogen-bond acceptors (Lipinski definition) is 1. The van der Waals surface area contributed by atoms with Crippen LogP contribution in [0.4, 0.5) is 0 Å². The molecule has 1 fully saturated rings. The Bertz CT molecular complexity index is 233. The van der Waals surface area contributed by atoms with E-state index in [1.54, 1.807) is 0 Å². The molecular weight excluding hydrogens is 160 g/mol. The van der Waals surface area contributed by atoms with Crippen LogP contribution >= 0.6 is 0 Å². The second-order valence-corrected chi connectivity index (χ2v) is 5.16. The summed E-state index contributed by atoms with van der Waals surface area (Å²) in [6.45, 7) is 4.46. The molecule has 2 aliphatic rings. The van der Waals surface area contributed by atoms with E-state index in [0.717, 1.165) is 12.8 Å². The van der Waals surface area contributed by atoms with Crippen LogP contribution in [0.3, 0.4) is 0 Å². The smallest absolute Gasteiger partial charge is 0.0763 e. The molecule has 1 saturated carbocycles. The Labute approximate surface area is 80.8 Å². The topological polar surface area (TPSA) is 20.2 Å². The third-order valence-corrected chi connectivity index (χ3v) is 4.39. The van der Waals surface area contributed by atoms with Crippen LogP contribution in [0.1, 0.15) is 46.0 Å². The van der Waals surface area contributed by atoms with Gasteiger partial charge in [-0.15, -0.1) is 0 Å². The quantitative estimate of drug-likeness (QED) is 0.568. The van der Waals surface area contributed by atoms with Crippen molar-refractivity contribution in [1.29, 1.82) is 0 Å². The lowest BCUT2D eigenvalue weighted by Gasteiger charge is -2.53. The van der Waals surface area contributed by atoms with E-state index >= 15 is 0 Å². The van der Waals surface area contributed by atoms with Gasteiger partial charge in [0.15, 0.2) is 0 Å². The fourth-order valence-electron chi connectivity index (χ4n) is 3.18. The maximum Gasteiger partial charge on any atom is 0.0763 e. The van der Waals surface area contributed by atoms with Gasteiger partial charge in [-0.25, -0.2) is 0 Å². The Morgan fingerprint density at radius 3 is 2.69 bits per heavy atom. The molecule has 0 aromatic heterocycles. The molecular formula is C12H20O. The summed E-state index contributed by atoms with van der Waals surface area (Å²) in [6, 6.07) is 0. The van der Waals surface area contributed by atoms with Crippen LogP contribution in [-0.2, 0) is 0 Å². The summed E-state index contributed by atoms with van der Waals surface area (Å²) in [5, 5.41) is 10.7. The van der Waals surface area contributed by atoms with Crippen molar-refractivity contribution < 1.29 is 5.11 Å². The number of aliphatic hydroxyl groups is 1. The Hall–Kier alpha value is -0.300. The lowest BCUT2D eigenvalue weighted by Crippen LogP contribution is -2.54. The molecule has 0 bridgehead atoms. The van der Waals surface area contributed by atoms with Gasteiger partial charge in [0.1, 0.15) is 0 Å². The van der Waals surface area contributed by atoms with Crippen LogP contribution in [0.2, 0.25) is 0 Å². The number of hydrogen-bond donors (Lipinski definition) is 1. The van der Waals surface area contributed by atoms with Gasteiger partial charge in [0.2, 0.25) is 0 Å². The maximum atomic E-state index is 10.7. The van der Waals surface area contributed by atoms with Gasteiger partial charge in [-0.05, 0) is 31.6 Å². The molecule has 0 amide bonds. The van der Waals surface area contributed by atoms with E-state index < -0.39 is 5.60 Å². The Kier molecular flexibility index (Phi) is 2.03. The zero-order valence-corrected chi connectivity index (χ0v) is 8.71. The highest BCUT2D eigenvalue weighted by atomic mass is 16.3. The molecule has 0 saturated heterocycles. The first-order chi connectivity index (χ1) is 6.08. The zero-order valence-electron chi connectivity index (χ0n) is 8.71. The molecule has 3 atom stereocenters. The number of allylic oxidation sites excluding steroid dienone is 1. The summed E-state index contributed by atoms with van der Waals surface area (Å²) in [4.78, 5) is 0. The van der Waals surface area contributed by atoms with Crippen molar-refractivity contribution in [3.8, 4) is 0 Å². The molecule has 1 nitrogen and oxygen atoms in total. The van der Waals surface area contributed by atoms with Crippen LogP contribution in [0.25, 0.3) is 0 Å². The largest absolute Gasteiger partial charge is 0.389 e. The van der Waals surface area contributed by atoms with Crippen LogP contribution in [0, 0.1) is 11.3 Å². The molecule has 1 N–H and O–H groups in total. The predicted molar refractivity (Wildman–Crippen MR) is 54.4 cm³/mol. The predicted octanol–water partition coefficient (Wildman–Crippen LogP) is 2.89. The molecule has 0 heterocycles. The second kappa shape index (κ2) is 2.84. The normalized spacial score (nSPS) is 50.2. The van der Waals surface area contributed by atoms with Gasteiger partial charge in [-0.2, -0.15) is 0 Å². The van der Waals surface area contributed by atoms with Crippen LogP contribution in [-0.4, -0.2) is 10.7 Å². The molecule has 0 aromatic rings. The zero-order chi connectivity index (χ0) is 9.53. The number of rotatable bonds is 0. The average Bonchev–Trinajstić information content (AvgIpc) is 2.09. The van der Waals surface area contributed by atoms with Crippen LogP contribution in [0.15, 0.2) is 12.2 Å². The Morgan fingerprint density at radius 2 is 2.00 bits per heavy atom. The van der Waals surface area contributed by atoms with Crippen molar-refractivity contribution in [1.82, 2.24) is 0 Å². The average molecular weight is 180 g/mol. The first kappa shape index (κ1) is 9.26. The van der Waals surface area contributed by atoms with Crippen molar-refractivity contribution in [2.75, 3.05) is 0 Å².